The molecule has 196 valence electrons. The van der Waals surface area contributed by atoms with E-state index in [0.717, 1.165) is 24.8 Å². The van der Waals surface area contributed by atoms with Crippen LogP contribution in [0.1, 0.15) is 37.3 Å². The van der Waals surface area contributed by atoms with Crippen LogP contribution >= 0.6 is 11.6 Å². The average molecular weight is 543 g/mol. The second-order valence-corrected chi connectivity index (χ2v) is 8.27. The van der Waals surface area contributed by atoms with Gasteiger partial charge >= 0.3 is 6.36 Å². The summed E-state index contributed by atoms with van der Waals surface area (Å²) in [5.41, 5.74) is -3.39. The number of carbonyl (C=O) groups is 2. The van der Waals surface area contributed by atoms with Gasteiger partial charge in [0.15, 0.2) is 11.6 Å². The highest BCUT2D eigenvalue weighted by Crippen LogP contribution is 2.36. The zero-order valence-electron chi connectivity index (χ0n) is 18.1. The van der Waals surface area contributed by atoms with Crippen molar-refractivity contribution < 1.29 is 45.1 Å². The first-order valence-corrected chi connectivity index (χ1v) is 10.8. The van der Waals surface area contributed by atoms with Crippen molar-refractivity contribution in [1.82, 2.24) is 15.3 Å². The Balaban J connectivity index is 2.01. The van der Waals surface area contributed by atoms with Crippen LogP contribution in [0.2, 0.25) is 0 Å². The van der Waals surface area contributed by atoms with Gasteiger partial charge in [0.1, 0.15) is 12.4 Å². The van der Waals surface area contributed by atoms with Crippen LogP contribution in [-0.2, 0) is 9.59 Å². The zero-order valence-corrected chi connectivity index (χ0v) is 18.9. The minimum Gasteiger partial charge on any atom is -0.403 e. The predicted molar refractivity (Wildman–Crippen MR) is 111 cm³/mol. The molecule has 2 aromatic rings. The summed E-state index contributed by atoms with van der Waals surface area (Å²) in [6.45, 7) is 0. The molecule has 1 unspecified atom stereocenters. The van der Waals surface area contributed by atoms with Crippen molar-refractivity contribution in [2.45, 2.75) is 55.7 Å². The fourth-order valence-electron chi connectivity index (χ4n) is 3.69. The number of anilines is 1. The number of amides is 2. The molecule has 2 atom stereocenters. The van der Waals surface area contributed by atoms with E-state index in [2.05, 4.69) is 20.0 Å². The van der Waals surface area contributed by atoms with E-state index in [9.17, 15) is 40.3 Å². The van der Waals surface area contributed by atoms with Gasteiger partial charge in [-0.3, -0.25) is 14.5 Å². The van der Waals surface area contributed by atoms with Crippen molar-refractivity contribution in [3.8, 4) is 5.75 Å². The number of ether oxygens (including phenoxy) is 1. The third-order valence-corrected chi connectivity index (χ3v) is 5.50. The first-order chi connectivity index (χ1) is 16.8. The molecule has 0 radical (unpaired) electrons. The maximum atomic E-state index is 14.4. The molecule has 0 spiro atoms. The number of carbonyl (C=O) groups excluding carboxylic acids is 2. The van der Waals surface area contributed by atoms with Gasteiger partial charge in [-0.25, -0.2) is 27.5 Å². The van der Waals surface area contributed by atoms with Crippen LogP contribution < -0.4 is 15.0 Å². The SMILES string of the molecule is O=C(NC1CCC(F)(F)CC1)C(c1cncnc1)N(C(=O)[C@H](F)Cl)c1ccc(OC(F)(F)F)c(F)c1. The molecule has 1 aliphatic rings. The maximum absolute atomic E-state index is 14.4. The monoisotopic (exact) mass is 542 g/mol. The van der Waals surface area contributed by atoms with Gasteiger partial charge in [-0.2, -0.15) is 0 Å². The summed E-state index contributed by atoms with van der Waals surface area (Å²) < 4.78 is 96.5. The van der Waals surface area contributed by atoms with Gasteiger partial charge in [-0.15, -0.1) is 13.2 Å². The van der Waals surface area contributed by atoms with Crippen LogP contribution in [0.4, 0.5) is 36.4 Å². The third kappa shape index (κ3) is 6.95. The highest BCUT2D eigenvalue weighted by atomic mass is 35.5. The first-order valence-electron chi connectivity index (χ1n) is 10.4. The normalized spacial score (nSPS) is 17.7. The van der Waals surface area contributed by atoms with E-state index >= 15 is 0 Å². The van der Waals surface area contributed by atoms with Crippen molar-refractivity contribution in [3.05, 3.63) is 48.3 Å². The van der Waals surface area contributed by atoms with Crippen LogP contribution in [0.5, 0.6) is 5.75 Å². The number of alkyl halides is 7. The maximum Gasteiger partial charge on any atom is 0.573 e. The molecule has 1 fully saturated rings. The zero-order chi connectivity index (χ0) is 26.7. The van der Waals surface area contributed by atoms with Gasteiger partial charge < -0.3 is 10.1 Å². The van der Waals surface area contributed by atoms with E-state index in [4.69, 9.17) is 11.6 Å². The minimum atomic E-state index is -5.22. The van der Waals surface area contributed by atoms with E-state index < -0.39 is 71.9 Å². The minimum absolute atomic E-state index is 0.0932. The Labute approximate surface area is 204 Å². The van der Waals surface area contributed by atoms with E-state index in [-0.39, 0.29) is 18.4 Å². The molecule has 1 heterocycles. The van der Waals surface area contributed by atoms with Crippen LogP contribution in [0.15, 0.2) is 36.9 Å². The van der Waals surface area contributed by atoms with Crippen molar-refractivity contribution >= 4 is 29.1 Å². The number of halogens is 8. The van der Waals surface area contributed by atoms with Gasteiger partial charge in [0.25, 0.3) is 11.5 Å². The third-order valence-electron chi connectivity index (χ3n) is 5.31. The smallest absolute Gasteiger partial charge is 0.403 e. The molecule has 0 saturated heterocycles. The van der Waals surface area contributed by atoms with E-state index in [1.54, 1.807) is 0 Å². The van der Waals surface area contributed by atoms with Crippen molar-refractivity contribution in [1.29, 1.82) is 0 Å². The Hall–Kier alpha value is -3.16. The lowest BCUT2D eigenvalue weighted by atomic mass is 9.92. The number of rotatable bonds is 7. The summed E-state index contributed by atoms with van der Waals surface area (Å²) in [4.78, 5) is 33.9. The van der Waals surface area contributed by atoms with Gasteiger partial charge in [-0.05, 0) is 25.0 Å². The summed E-state index contributed by atoms with van der Waals surface area (Å²) in [7, 11) is 0. The molecule has 2 amide bonds. The molecular weight excluding hydrogens is 525 g/mol. The molecule has 0 bridgehead atoms. The molecule has 36 heavy (non-hydrogen) atoms. The molecule has 3 rings (SSSR count). The molecule has 0 aliphatic heterocycles. The number of nitrogens with one attached hydrogen (secondary N) is 1. The molecule has 1 aromatic heterocycles. The number of hydrogen-bond donors (Lipinski definition) is 1. The van der Waals surface area contributed by atoms with Crippen LogP contribution in [0.25, 0.3) is 0 Å². The molecule has 1 aromatic carbocycles. The summed E-state index contributed by atoms with van der Waals surface area (Å²) in [5.74, 6) is -8.26. The van der Waals surface area contributed by atoms with Gasteiger partial charge in [-0.1, -0.05) is 11.6 Å². The Morgan fingerprint density at radius 2 is 1.78 bits per heavy atom. The van der Waals surface area contributed by atoms with Gasteiger partial charge in [0.2, 0.25) is 11.8 Å². The van der Waals surface area contributed by atoms with E-state index in [1.807, 2.05) is 0 Å². The summed E-state index contributed by atoms with van der Waals surface area (Å²) in [5, 5.41) is 2.50. The van der Waals surface area contributed by atoms with Gasteiger partial charge in [0, 0.05) is 48.6 Å². The van der Waals surface area contributed by atoms with Crippen molar-refractivity contribution in [3.63, 3.8) is 0 Å². The lowest BCUT2D eigenvalue weighted by molar-refractivity contribution is -0.275. The molecule has 1 saturated carbocycles. The largest absolute Gasteiger partial charge is 0.573 e. The summed E-state index contributed by atoms with van der Waals surface area (Å²) >= 11 is 5.32. The fraction of sp³-hybridized carbons (Fsp3) is 0.429. The van der Waals surface area contributed by atoms with Crippen LogP contribution in [-0.4, -0.2) is 45.7 Å². The van der Waals surface area contributed by atoms with Crippen LogP contribution in [0.3, 0.4) is 0 Å². The van der Waals surface area contributed by atoms with Crippen molar-refractivity contribution in [2.75, 3.05) is 4.90 Å². The fourth-order valence-corrected chi connectivity index (χ4v) is 3.80. The highest BCUT2D eigenvalue weighted by molar-refractivity contribution is 6.32. The van der Waals surface area contributed by atoms with Crippen molar-refractivity contribution in [2.24, 2.45) is 0 Å². The van der Waals surface area contributed by atoms with Gasteiger partial charge in [0.05, 0.1) is 0 Å². The summed E-state index contributed by atoms with van der Waals surface area (Å²) in [6, 6.07) is -0.778. The quantitative estimate of drug-likeness (QED) is 0.401. The standard InChI is InChI=1S/C21H18ClF7N4O3/c22-17(24)19(35)33(13-1-2-15(14(23)7-13)36-21(27,28)29)16(11-8-30-10-31-9-11)18(34)32-12-3-5-20(25,26)6-4-12/h1-2,7-10,12,16-17H,3-6H2,(H,32,34)/t16?,17-/m0/s1. The van der Waals surface area contributed by atoms with Crippen LogP contribution in [0, 0.1) is 5.82 Å². The highest BCUT2D eigenvalue weighted by Gasteiger charge is 2.40. The second-order valence-electron chi connectivity index (χ2n) is 7.88. The lowest BCUT2D eigenvalue weighted by Crippen LogP contribution is -2.49. The first kappa shape index (κ1) is 27.4. The lowest BCUT2D eigenvalue weighted by Gasteiger charge is -2.34. The molecule has 15 heteroatoms. The molecule has 1 N–H and O–H groups in total. The molecular formula is C21H18ClF7N4O3. The molecule has 1 aliphatic carbocycles. The Kier molecular flexibility index (Phi) is 8.26. The van der Waals surface area contributed by atoms with E-state index in [1.165, 1.54) is 0 Å². The summed E-state index contributed by atoms with van der Waals surface area (Å²) in [6.07, 6.45) is -3.15. The Morgan fingerprint density at radius 1 is 1.17 bits per heavy atom. The topological polar surface area (TPSA) is 84.4 Å². The molecule has 7 nitrogen and oxygen atoms in total. The number of benzene rings is 1. The number of nitrogens with zero attached hydrogens (tertiary/aromatic N) is 3. The predicted octanol–water partition coefficient (Wildman–Crippen LogP) is 4.82. The Morgan fingerprint density at radius 3 is 2.31 bits per heavy atom. The Bertz CT molecular complexity index is 1080. The number of hydrogen-bond acceptors (Lipinski definition) is 5. The number of aromatic nitrogens is 2. The second kappa shape index (κ2) is 10.8. The average Bonchev–Trinajstić information content (AvgIpc) is 2.79. The van der Waals surface area contributed by atoms with E-state index in [0.29, 0.717) is 17.0 Å².